The van der Waals surface area contributed by atoms with Crippen molar-refractivity contribution in [3.8, 4) is 5.75 Å². The molecule has 96 valence electrons. The van der Waals surface area contributed by atoms with Gasteiger partial charge in [-0.2, -0.15) is 0 Å². The summed E-state index contributed by atoms with van der Waals surface area (Å²) in [6.45, 7) is 3.55. The number of nitrogens with two attached hydrogens (primary N) is 1. The number of hydrogen-bond acceptors (Lipinski definition) is 4. The highest BCUT2D eigenvalue weighted by molar-refractivity contribution is 5.26. The molecule has 0 radical (unpaired) electrons. The molecule has 0 amide bonds. The number of unbranched alkanes of at least 4 members (excludes halogenated alkanes) is 1. The number of benzene rings is 1. The first kappa shape index (κ1) is 15.4. The first-order chi connectivity index (χ1) is 8.10. The quantitative estimate of drug-likeness (QED) is 0.486. The lowest BCUT2D eigenvalue weighted by atomic mass is 10.2. The number of ether oxygens (including phenoxy) is 1. The van der Waals surface area contributed by atoms with Crippen LogP contribution in [-0.4, -0.2) is 18.6 Å². The third-order valence-corrected chi connectivity index (χ3v) is 1.93. The van der Waals surface area contributed by atoms with Gasteiger partial charge in [-0.15, -0.1) is 0 Å². The van der Waals surface area contributed by atoms with Gasteiger partial charge >= 0.3 is 0 Å². The molecule has 1 aromatic carbocycles. The average Bonchev–Trinajstić information content (AvgIpc) is 2.30. The van der Waals surface area contributed by atoms with Gasteiger partial charge in [0.1, 0.15) is 5.75 Å². The van der Waals surface area contributed by atoms with E-state index in [1.807, 2.05) is 24.3 Å². The zero-order chi connectivity index (χ0) is 13.1. The fourth-order valence-electron chi connectivity index (χ4n) is 1.06. The SMILES string of the molecule is CCCCOc1ccc(CN)cc1.C[N+](=O)[O-]. The highest BCUT2D eigenvalue weighted by atomic mass is 16.6. The summed E-state index contributed by atoms with van der Waals surface area (Å²) in [4.78, 5) is 8.31. The fourth-order valence-corrected chi connectivity index (χ4v) is 1.06. The molecular formula is C12H20N2O3. The Hall–Kier alpha value is -1.62. The molecule has 0 aliphatic carbocycles. The molecule has 0 fully saturated rings. The number of rotatable bonds is 5. The van der Waals surface area contributed by atoms with Gasteiger partial charge in [0.15, 0.2) is 7.05 Å². The molecule has 1 aromatic rings. The van der Waals surface area contributed by atoms with Crippen LogP contribution in [0.4, 0.5) is 0 Å². The van der Waals surface area contributed by atoms with Crippen molar-refractivity contribution >= 4 is 0 Å². The van der Waals surface area contributed by atoms with Crippen molar-refractivity contribution in [1.82, 2.24) is 0 Å². The molecule has 0 aromatic heterocycles. The minimum Gasteiger partial charge on any atom is -0.494 e. The molecule has 0 spiro atoms. The fraction of sp³-hybridized carbons (Fsp3) is 0.500. The molecule has 0 atom stereocenters. The van der Waals surface area contributed by atoms with Crippen molar-refractivity contribution in [1.29, 1.82) is 0 Å². The number of hydrogen-bond donors (Lipinski definition) is 1. The van der Waals surface area contributed by atoms with E-state index in [2.05, 4.69) is 6.92 Å². The summed E-state index contributed by atoms with van der Waals surface area (Å²) in [5.41, 5.74) is 6.62. The van der Waals surface area contributed by atoms with Crippen LogP contribution in [0.2, 0.25) is 0 Å². The Balaban J connectivity index is 0.000000557. The lowest BCUT2D eigenvalue weighted by molar-refractivity contribution is -0.445. The van der Waals surface area contributed by atoms with Gasteiger partial charge in [-0.1, -0.05) is 25.5 Å². The van der Waals surface area contributed by atoms with Crippen molar-refractivity contribution in [2.45, 2.75) is 26.3 Å². The Morgan fingerprint density at radius 1 is 1.35 bits per heavy atom. The second-order valence-electron chi connectivity index (χ2n) is 3.49. The van der Waals surface area contributed by atoms with Crippen molar-refractivity contribution in [2.24, 2.45) is 5.73 Å². The Kier molecular flexibility index (Phi) is 8.68. The molecule has 5 nitrogen and oxygen atoms in total. The molecule has 0 heterocycles. The van der Waals surface area contributed by atoms with E-state index >= 15 is 0 Å². The summed E-state index contributed by atoms with van der Waals surface area (Å²) in [6.07, 6.45) is 2.28. The summed E-state index contributed by atoms with van der Waals surface area (Å²) < 4.78 is 5.51. The topological polar surface area (TPSA) is 78.4 Å². The molecule has 5 heteroatoms. The third-order valence-electron chi connectivity index (χ3n) is 1.93. The summed E-state index contributed by atoms with van der Waals surface area (Å²) in [5, 5.41) is 8.81. The van der Waals surface area contributed by atoms with E-state index in [9.17, 15) is 0 Å². The molecule has 17 heavy (non-hydrogen) atoms. The van der Waals surface area contributed by atoms with E-state index in [-0.39, 0.29) is 0 Å². The average molecular weight is 240 g/mol. The Morgan fingerprint density at radius 3 is 2.29 bits per heavy atom. The van der Waals surface area contributed by atoms with E-state index < -0.39 is 4.92 Å². The smallest absolute Gasteiger partial charge is 0.194 e. The van der Waals surface area contributed by atoms with Gasteiger partial charge in [0, 0.05) is 11.5 Å². The zero-order valence-corrected chi connectivity index (χ0v) is 10.4. The lowest BCUT2D eigenvalue weighted by Crippen LogP contribution is -1.98. The highest BCUT2D eigenvalue weighted by Gasteiger charge is 1.93. The summed E-state index contributed by atoms with van der Waals surface area (Å²) in [5.74, 6) is 0.936. The van der Waals surface area contributed by atoms with Crippen LogP contribution in [-0.2, 0) is 6.54 Å². The first-order valence-electron chi connectivity index (χ1n) is 5.60. The maximum absolute atomic E-state index is 8.81. The van der Waals surface area contributed by atoms with Crippen LogP contribution in [0, 0.1) is 10.1 Å². The predicted molar refractivity (Wildman–Crippen MR) is 67.7 cm³/mol. The van der Waals surface area contributed by atoms with E-state index in [4.69, 9.17) is 20.6 Å². The summed E-state index contributed by atoms with van der Waals surface area (Å²) >= 11 is 0. The van der Waals surface area contributed by atoms with Crippen LogP contribution in [0.25, 0.3) is 0 Å². The molecule has 0 bridgehead atoms. The second kappa shape index (κ2) is 9.59. The van der Waals surface area contributed by atoms with Crippen LogP contribution < -0.4 is 10.5 Å². The molecule has 0 saturated carbocycles. The van der Waals surface area contributed by atoms with Gasteiger partial charge in [0.2, 0.25) is 0 Å². The van der Waals surface area contributed by atoms with Crippen molar-refractivity contribution in [3.63, 3.8) is 0 Å². The number of nitrogens with zero attached hydrogens (tertiary/aromatic N) is 1. The van der Waals surface area contributed by atoms with Crippen LogP contribution >= 0.6 is 0 Å². The Labute approximate surface area is 102 Å². The van der Waals surface area contributed by atoms with Gasteiger partial charge in [-0.3, -0.25) is 10.1 Å². The third kappa shape index (κ3) is 9.32. The Morgan fingerprint density at radius 2 is 1.88 bits per heavy atom. The van der Waals surface area contributed by atoms with E-state index in [0.717, 1.165) is 31.4 Å². The summed E-state index contributed by atoms with van der Waals surface area (Å²) in [6, 6.07) is 7.94. The van der Waals surface area contributed by atoms with Gasteiger partial charge in [-0.25, -0.2) is 0 Å². The molecule has 1 rings (SSSR count). The molecule has 0 saturated heterocycles. The van der Waals surface area contributed by atoms with E-state index in [0.29, 0.717) is 6.54 Å². The normalized spacial score (nSPS) is 9.12. The lowest BCUT2D eigenvalue weighted by Gasteiger charge is -2.05. The van der Waals surface area contributed by atoms with Crippen LogP contribution in [0.1, 0.15) is 25.3 Å². The van der Waals surface area contributed by atoms with Crippen LogP contribution in [0.3, 0.4) is 0 Å². The highest BCUT2D eigenvalue weighted by Crippen LogP contribution is 2.11. The van der Waals surface area contributed by atoms with Crippen molar-refractivity contribution < 1.29 is 9.66 Å². The largest absolute Gasteiger partial charge is 0.494 e. The molecule has 0 aliphatic heterocycles. The van der Waals surface area contributed by atoms with Gasteiger partial charge < -0.3 is 10.5 Å². The maximum Gasteiger partial charge on any atom is 0.194 e. The second-order valence-corrected chi connectivity index (χ2v) is 3.49. The Bertz CT molecular complexity index is 308. The van der Waals surface area contributed by atoms with Crippen molar-refractivity contribution in [2.75, 3.05) is 13.7 Å². The predicted octanol–water partition coefficient (Wildman–Crippen LogP) is 2.22. The van der Waals surface area contributed by atoms with E-state index in [1.165, 1.54) is 6.42 Å². The van der Waals surface area contributed by atoms with Gasteiger partial charge in [-0.05, 0) is 24.1 Å². The van der Waals surface area contributed by atoms with Crippen LogP contribution in [0.15, 0.2) is 24.3 Å². The van der Waals surface area contributed by atoms with Crippen LogP contribution in [0.5, 0.6) is 5.75 Å². The monoisotopic (exact) mass is 240 g/mol. The van der Waals surface area contributed by atoms with E-state index in [1.54, 1.807) is 0 Å². The van der Waals surface area contributed by atoms with Crippen molar-refractivity contribution in [3.05, 3.63) is 39.9 Å². The minimum atomic E-state index is -0.500. The molecule has 0 unspecified atom stereocenters. The minimum absolute atomic E-state index is 0.500. The molecule has 2 N–H and O–H groups in total. The zero-order valence-electron chi connectivity index (χ0n) is 10.4. The van der Waals surface area contributed by atoms with Gasteiger partial charge in [0.25, 0.3) is 0 Å². The summed E-state index contributed by atoms with van der Waals surface area (Å²) in [7, 11) is 0.889. The number of nitro groups is 1. The van der Waals surface area contributed by atoms with Gasteiger partial charge in [0.05, 0.1) is 6.61 Å². The standard InChI is InChI=1S/C11H17NO.CH3NO2/c1-2-3-8-13-11-6-4-10(9-12)5-7-11;1-2(3)4/h4-7H,2-3,8-9,12H2,1H3;1H3. The first-order valence-corrected chi connectivity index (χ1v) is 5.60. The molecule has 0 aliphatic rings. The maximum atomic E-state index is 8.81. The molecular weight excluding hydrogens is 220 g/mol.